The number of nitrogens with zero attached hydrogens (tertiary/aromatic N) is 2. The van der Waals surface area contributed by atoms with Crippen molar-refractivity contribution in [2.75, 3.05) is 5.01 Å². The Morgan fingerprint density at radius 1 is 0.903 bits per heavy atom. The van der Waals surface area contributed by atoms with Gasteiger partial charge in [-0.25, -0.2) is 13.1 Å². The van der Waals surface area contributed by atoms with Crippen LogP contribution in [0.4, 0.5) is 5.69 Å². The SMILES string of the molecule is O=C(NS(=O)(=O)c1ccc(Cl)cc1)C1=NN(c2ccc(Cl)cc2)[C@@H](c2ccccc2)C1. The molecule has 0 fully saturated rings. The van der Waals surface area contributed by atoms with E-state index in [1.807, 2.05) is 30.3 Å². The summed E-state index contributed by atoms with van der Waals surface area (Å²) in [5.74, 6) is -0.771. The molecule has 0 aliphatic carbocycles. The maximum Gasteiger partial charge on any atom is 0.281 e. The standard InChI is InChI=1S/C22H17Cl2N3O3S/c23-16-6-10-18(11-7-16)27-21(15-4-2-1-3-5-15)14-20(25-27)22(28)26-31(29,30)19-12-8-17(24)9-13-19/h1-13,21H,14H2,(H,26,28)/t21-/m1/s1. The van der Waals surface area contributed by atoms with Gasteiger partial charge in [0.05, 0.1) is 16.6 Å². The number of amides is 1. The molecular formula is C22H17Cl2N3O3S. The number of nitrogens with one attached hydrogen (secondary N) is 1. The fourth-order valence-corrected chi connectivity index (χ4v) is 4.49. The van der Waals surface area contributed by atoms with E-state index in [4.69, 9.17) is 23.2 Å². The van der Waals surface area contributed by atoms with Gasteiger partial charge in [0.2, 0.25) is 0 Å². The van der Waals surface area contributed by atoms with Crippen LogP contribution in [0.1, 0.15) is 18.0 Å². The molecular weight excluding hydrogens is 457 g/mol. The molecule has 0 saturated carbocycles. The van der Waals surface area contributed by atoms with Gasteiger partial charge in [-0.1, -0.05) is 53.5 Å². The Morgan fingerprint density at radius 3 is 2.10 bits per heavy atom. The van der Waals surface area contributed by atoms with Crippen LogP contribution in [-0.4, -0.2) is 20.0 Å². The molecule has 0 saturated heterocycles. The lowest BCUT2D eigenvalue weighted by molar-refractivity contribution is -0.113. The van der Waals surface area contributed by atoms with Crippen molar-refractivity contribution in [2.24, 2.45) is 5.10 Å². The van der Waals surface area contributed by atoms with Gasteiger partial charge < -0.3 is 0 Å². The van der Waals surface area contributed by atoms with E-state index in [-0.39, 0.29) is 23.1 Å². The molecule has 3 aromatic rings. The van der Waals surface area contributed by atoms with Crippen molar-refractivity contribution in [3.05, 3.63) is 94.5 Å². The van der Waals surface area contributed by atoms with Gasteiger partial charge in [-0.3, -0.25) is 9.80 Å². The minimum atomic E-state index is -4.06. The lowest BCUT2D eigenvalue weighted by Crippen LogP contribution is -2.35. The van der Waals surface area contributed by atoms with E-state index in [0.717, 1.165) is 11.3 Å². The third-order valence-corrected chi connectivity index (χ3v) is 6.65. The number of carbonyl (C=O) groups excluding carboxylic acids is 1. The van der Waals surface area contributed by atoms with Crippen LogP contribution in [-0.2, 0) is 14.8 Å². The Kier molecular flexibility index (Phi) is 6.00. The van der Waals surface area contributed by atoms with E-state index in [1.54, 1.807) is 29.3 Å². The highest BCUT2D eigenvalue weighted by molar-refractivity contribution is 7.90. The van der Waals surface area contributed by atoms with Gasteiger partial charge in [0.1, 0.15) is 5.71 Å². The van der Waals surface area contributed by atoms with Crippen LogP contribution in [0.2, 0.25) is 10.0 Å². The summed E-state index contributed by atoms with van der Waals surface area (Å²) in [6.45, 7) is 0. The van der Waals surface area contributed by atoms with Gasteiger partial charge in [0.15, 0.2) is 0 Å². The Morgan fingerprint density at radius 2 is 1.48 bits per heavy atom. The van der Waals surface area contributed by atoms with E-state index in [9.17, 15) is 13.2 Å². The Balaban J connectivity index is 1.62. The summed E-state index contributed by atoms with van der Waals surface area (Å²) in [6, 6.07) is 21.9. The van der Waals surface area contributed by atoms with Crippen LogP contribution in [0.3, 0.4) is 0 Å². The molecule has 0 spiro atoms. The van der Waals surface area contributed by atoms with Crippen LogP contribution in [0.25, 0.3) is 0 Å². The molecule has 1 heterocycles. The maximum absolute atomic E-state index is 12.8. The molecule has 9 heteroatoms. The monoisotopic (exact) mass is 473 g/mol. The predicted octanol–water partition coefficient (Wildman–Crippen LogP) is 4.81. The van der Waals surface area contributed by atoms with Crippen molar-refractivity contribution in [3.8, 4) is 0 Å². The fourth-order valence-electron chi connectivity index (χ4n) is 3.27. The maximum atomic E-state index is 12.8. The highest BCUT2D eigenvalue weighted by Crippen LogP contribution is 2.35. The average molecular weight is 474 g/mol. The number of hydrazone groups is 1. The normalized spacial score (nSPS) is 16.1. The van der Waals surface area contributed by atoms with Crippen LogP contribution >= 0.6 is 23.2 Å². The molecule has 6 nitrogen and oxygen atoms in total. The lowest BCUT2D eigenvalue weighted by atomic mass is 10.0. The van der Waals surface area contributed by atoms with Gasteiger partial charge in [0.25, 0.3) is 15.9 Å². The molecule has 0 bridgehead atoms. The molecule has 4 rings (SSSR count). The Labute approximate surface area is 190 Å². The molecule has 1 aliphatic heterocycles. The van der Waals surface area contributed by atoms with Gasteiger partial charge in [-0.2, -0.15) is 5.10 Å². The number of anilines is 1. The molecule has 0 unspecified atom stereocenters. The lowest BCUT2D eigenvalue weighted by Gasteiger charge is -2.24. The topological polar surface area (TPSA) is 78.8 Å². The second kappa shape index (κ2) is 8.70. The van der Waals surface area contributed by atoms with Crippen LogP contribution in [0, 0.1) is 0 Å². The quantitative estimate of drug-likeness (QED) is 0.576. The van der Waals surface area contributed by atoms with Crippen LogP contribution in [0.15, 0.2) is 88.9 Å². The summed E-state index contributed by atoms with van der Waals surface area (Å²) < 4.78 is 27.3. The number of hydrogen-bond donors (Lipinski definition) is 1. The third-order valence-electron chi connectivity index (χ3n) is 4.80. The summed E-state index contributed by atoms with van der Waals surface area (Å²) in [6.07, 6.45) is 0.245. The highest BCUT2D eigenvalue weighted by Gasteiger charge is 2.34. The smallest absolute Gasteiger partial charge is 0.267 e. The van der Waals surface area contributed by atoms with Crippen molar-refractivity contribution >= 4 is 50.5 Å². The summed E-state index contributed by atoms with van der Waals surface area (Å²) in [5, 5.41) is 7.13. The molecule has 1 atom stereocenters. The number of sulfonamides is 1. The first-order valence-electron chi connectivity index (χ1n) is 9.33. The first-order valence-corrected chi connectivity index (χ1v) is 11.6. The highest BCUT2D eigenvalue weighted by atomic mass is 35.5. The van der Waals surface area contributed by atoms with Crippen molar-refractivity contribution in [1.29, 1.82) is 0 Å². The number of benzene rings is 3. The second-order valence-electron chi connectivity index (χ2n) is 6.89. The summed E-state index contributed by atoms with van der Waals surface area (Å²) in [4.78, 5) is 12.8. The second-order valence-corrected chi connectivity index (χ2v) is 9.44. The van der Waals surface area contributed by atoms with E-state index in [1.165, 1.54) is 24.3 Å². The van der Waals surface area contributed by atoms with Crippen molar-refractivity contribution in [2.45, 2.75) is 17.4 Å². The molecule has 1 aliphatic rings. The number of carbonyl (C=O) groups is 1. The Bertz CT molecular complexity index is 1230. The molecule has 1 N–H and O–H groups in total. The fraction of sp³-hybridized carbons (Fsp3) is 0.0909. The van der Waals surface area contributed by atoms with Gasteiger partial charge in [-0.15, -0.1) is 0 Å². The van der Waals surface area contributed by atoms with Crippen molar-refractivity contribution < 1.29 is 13.2 Å². The van der Waals surface area contributed by atoms with E-state index < -0.39 is 15.9 Å². The number of rotatable bonds is 5. The zero-order valence-corrected chi connectivity index (χ0v) is 18.4. The minimum absolute atomic E-state index is 0.0574. The summed E-state index contributed by atoms with van der Waals surface area (Å²) in [7, 11) is -4.06. The molecule has 3 aromatic carbocycles. The summed E-state index contributed by atoms with van der Waals surface area (Å²) in [5.41, 5.74) is 1.80. The van der Waals surface area contributed by atoms with Crippen LogP contribution < -0.4 is 9.73 Å². The molecule has 1 amide bonds. The third kappa shape index (κ3) is 4.74. The predicted molar refractivity (Wildman–Crippen MR) is 122 cm³/mol. The molecule has 31 heavy (non-hydrogen) atoms. The van der Waals surface area contributed by atoms with Crippen molar-refractivity contribution in [3.63, 3.8) is 0 Å². The zero-order chi connectivity index (χ0) is 22.0. The number of hydrogen-bond acceptors (Lipinski definition) is 5. The first-order chi connectivity index (χ1) is 14.8. The van der Waals surface area contributed by atoms with E-state index in [2.05, 4.69) is 9.82 Å². The van der Waals surface area contributed by atoms with Crippen molar-refractivity contribution in [1.82, 2.24) is 4.72 Å². The largest absolute Gasteiger partial charge is 0.281 e. The number of halogens is 2. The Hall–Kier alpha value is -2.87. The van der Waals surface area contributed by atoms with E-state index >= 15 is 0 Å². The van der Waals surface area contributed by atoms with Gasteiger partial charge in [0, 0.05) is 16.5 Å². The minimum Gasteiger partial charge on any atom is -0.267 e. The van der Waals surface area contributed by atoms with Gasteiger partial charge in [-0.05, 0) is 54.1 Å². The zero-order valence-electron chi connectivity index (χ0n) is 16.1. The van der Waals surface area contributed by atoms with E-state index in [0.29, 0.717) is 10.0 Å². The van der Waals surface area contributed by atoms with Gasteiger partial charge >= 0.3 is 0 Å². The molecule has 158 valence electrons. The molecule has 0 aromatic heterocycles. The van der Waals surface area contributed by atoms with Crippen LogP contribution in [0.5, 0.6) is 0 Å². The first kappa shape index (κ1) is 21.4. The summed E-state index contributed by atoms with van der Waals surface area (Å²) >= 11 is 11.8. The average Bonchev–Trinajstić information content (AvgIpc) is 3.21. The molecule has 0 radical (unpaired) electrons.